The highest BCUT2D eigenvalue weighted by atomic mass is 19.4. The van der Waals surface area contributed by atoms with Crippen LogP contribution in [0.4, 0.5) is 13.2 Å². The lowest BCUT2D eigenvalue weighted by Gasteiger charge is -2.47. The highest BCUT2D eigenvalue weighted by molar-refractivity contribution is 5.78. The van der Waals surface area contributed by atoms with Gasteiger partial charge in [-0.25, -0.2) is 9.97 Å². The number of piperidine rings is 1. The van der Waals surface area contributed by atoms with E-state index in [0.29, 0.717) is 16.7 Å². The Kier molecular flexibility index (Phi) is 4.36. The summed E-state index contributed by atoms with van der Waals surface area (Å²) in [6.07, 6.45) is 2.82. The van der Waals surface area contributed by atoms with Crippen molar-refractivity contribution in [1.82, 2.24) is 19.4 Å². The quantitative estimate of drug-likeness (QED) is 0.663. The SMILES string of the molecule is FC(F)(F)c1ccc(-n2ccc3cc(CN4CCC5(CC4)COC5)cnc32)cn1. The van der Waals surface area contributed by atoms with Crippen molar-refractivity contribution in [2.75, 3.05) is 26.3 Å². The van der Waals surface area contributed by atoms with Crippen molar-refractivity contribution in [3.63, 3.8) is 0 Å². The van der Waals surface area contributed by atoms with E-state index in [4.69, 9.17) is 4.74 Å². The number of likely N-dealkylation sites (tertiary alicyclic amines) is 1. The molecular formula is C21H21F3N4O. The molecular weight excluding hydrogens is 381 g/mol. The molecule has 5 rings (SSSR count). The van der Waals surface area contributed by atoms with E-state index in [1.165, 1.54) is 25.1 Å². The number of fused-ring (bicyclic) bond motifs is 1. The first kappa shape index (κ1) is 18.6. The summed E-state index contributed by atoms with van der Waals surface area (Å²) in [6.45, 7) is 4.80. The normalized spacial score (nSPS) is 19.6. The van der Waals surface area contributed by atoms with Crippen LogP contribution in [0, 0.1) is 5.41 Å². The van der Waals surface area contributed by atoms with E-state index >= 15 is 0 Å². The van der Waals surface area contributed by atoms with E-state index in [-0.39, 0.29) is 0 Å². The molecule has 0 aromatic carbocycles. The highest BCUT2D eigenvalue weighted by Gasteiger charge is 2.41. The second kappa shape index (κ2) is 6.81. The first-order chi connectivity index (χ1) is 13.9. The summed E-state index contributed by atoms with van der Waals surface area (Å²) in [5, 5.41) is 0.961. The first-order valence-electron chi connectivity index (χ1n) is 9.72. The zero-order valence-electron chi connectivity index (χ0n) is 15.8. The number of hydrogen-bond donors (Lipinski definition) is 0. The molecule has 0 N–H and O–H groups in total. The Labute approximate surface area is 166 Å². The summed E-state index contributed by atoms with van der Waals surface area (Å²) in [4.78, 5) is 10.6. The zero-order valence-corrected chi connectivity index (χ0v) is 15.8. The van der Waals surface area contributed by atoms with E-state index in [9.17, 15) is 13.2 Å². The minimum absolute atomic E-state index is 0.422. The van der Waals surface area contributed by atoms with Gasteiger partial charge in [0.1, 0.15) is 11.3 Å². The Morgan fingerprint density at radius 2 is 1.83 bits per heavy atom. The predicted octanol–water partition coefficient (Wildman–Crippen LogP) is 4.05. The van der Waals surface area contributed by atoms with Crippen LogP contribution in [0.25, 0.3) is 16.7 Å². The summed E-state index contributed by atoms with van der Waals surface area (Å²) in [6, 6.07) is 6.44. The van der Waals surface area contributed by atoms with Crippen LogP contribution in [0.5, 0.6) is 0 Å². The Morgan fingerprint density at radius 3 is 2.45 bits per heavy atom. The molecule has 2 aliphatic rings. The van der Waals surface area contributed by atoms with Gasteiger partial charge >= 0.3 is 6.18 Å². The molecule has 5 heterocycles. The average Bonchev–Trinajstić information content (AvgIpc) is 3.10. The number of nitrogens with zero attached hydrogens (tertiary/aromatic N) is 4. The lowest BCUT2D eigenvalue weighted by molar-refractivity contribution is -0.141. The Bertz CT molecular complexity index is 1010. The third-order valence-electron chi connectivity index (χ3n) is 6.04. The van der Waals surface area contributed by atoms with Crippen molar-refractivity contribution in [3.8, 4) is 5.69 Å². The maximum absolute atomic E-state index is 12.7. The minimum Gasteiger partial charge on any atom is -0.380 e. The second-order valence-corrected chi connectivity index (χ2v) is 8.11. The molecule has 29 heavy (non-hydrogen) atoms. The van der Waals surface area contributed by atoms with Gasteiger partial charge in [-0.15, -0.1) is 0 Å². The molecule has 0 bridgehead atoms. The lowest BCUT2D eigenvalue weighted by Crippen LogP contribution is -2.50. The van der Waals surface area contributed by atoms with Crippen LogP contribution < -0.4 is 0 Å². The summed E-state index contributed by atoms with van der Waals surface area (Å²) >= 11 is 0. The fraction of sp³-hybridized carbons (Fsp3) is 0.429. The van der Waals surface area contributed by atoms with Crippen LogP contribution in [0.2, 0.25) is 0 Å². The molecule has 1 spiro atoms. The molecule has 0 atom stereocenters. The van der Waals surface area contributed by atoms with Crippen LogP contribution in [-0.4, -0.2) is 45.7 Å². The molecule has 3 aromatic rings. The predicted molar refractivity (Wildman–Crippen MR) is 102 cm³/mol. The van der Waals surface area contributed by atoms with E-state index in [2.05, 4.69) is 20.9 Å². The van der Waals surface area contributed by atoms with Gasteiger partial charge in [-0.05, 0) is 55.8 Å². The standard InChI is InChI=1S/C21H21F3N4O/c22-21(23,24)18-2-1-17(11-25-18)28-6-3-16-9-15(10-26-19(16)28)12-27-7-4-20(5-8-27)13-29-14-20/h1-3,6,9-11H,4-5,7-8,12-14H2. The fourth-order valence-corrected chi connectivity index (χ4v) is 4.18. The molecule has 152 valence electrons. The van der Waals surface area contributed by atoms with Gasteiger partial charge in [0.25, 0.3) is 0 Å². The van der Waals surface area contributed by atoms with Crippen molar-refractivity contribution in [2.45, 2.75) is 25.6 Å². The van der Waals surface area contributed by atoms with E-state index in [0.717, 1.165) is 49.9 Å². The molecule has 0 amide bonds. The lowest BCUT2D eigenvalue weighted by atomic mass is 9.77. The third-order valence-corrected chi connectivity index (χ3v) is 6.04. The van der Waals surface area contributed by atoms with Crippen LogP contribution in [0.1, 0.15) is 24.1 Å². The molecule has 2 aliphatic heterocycles. The van der Waals surface area contributed by atoms with Crippen LogP contribution in [0.15, 0.2) is 42.9 Å². The smallest absolute Gasteiger partial charge is 0.380 e. The fourth-order valence-electron chi connectivity index (χ4n) is 4.18. The van der Waals surface area contributed by atoms with Gasteiger partial charge in [-0.2, -0.15) is 13.2 Å². The number of hydrogen-bond acceptors (Lipinski definition) is 4. The molecule has 2 saturated heterocycles. The van der Waals surface area contributed by atoms with Gasteiger partial charge < -0.3 is 4.74 Å². The monoisotopic (exact) mass is 402 g/mol. The number of ether oxygens (including phenoxy) is 1. The molecule has 0 radical (unpaired) electrons. The van der Waals surface area contributed by atoms with Crippen molar-refractivity contribution in [2.24, 2.45) is 5.41 Å². The zero-order chi connectivity index (χ0) is 20.1. The highest BCUT2D eigenvalue weighted by Crippen LogP contribution is 2.38. The van der Waals surface area contributed by atoms with E-state index in [1.807, 2.05) is 18.5 Å². The molecule has 8 heteroatoms. The van der Waals surface area contributed by atoms with Gasteiger partial charge in [0.15, 0.2) is 0 Å². The molecule has 0 unspecified atom stereocenters. The van der Waals surface area contributed by atoms with Crippen LogP contribution >= 0.6 is 0 Å². The molecule has 0 saturated carbocycles. The molecule has 2 fully saturated rings. The van der Waals surface area contributed by atoms with Crippen molar-refractivity contribution in [3.05, 3.63) is 54.1 Å². The van der Waals surface area contributed by atoms with Crippen molar-refractivity contribution >= 4 is 11.0 Å². The maximum Gasteiger partial charge on any atom is 0.433 e. The van der Waals surface area contributed by atoms with Crippen LogP contribution in [-0.2, 0) is 17.5 Å². The third kappa shape index (κ3) is 3.51. The van der Waals surface area contributed by atoms with Gasteiger partial charge in [-0.3, -0.25) is 9.47 Å². The minimum atomic E-state index is -4.44. The van der Waals surface area contributed by atoms with Gasteiger partial charge in [0, 0.05) is 29.7 Å². The Balaban J connectivity index is 1.32. The number of halogens is 3. The maximum atomic E-state index is 12.7. The summed E-state index contributed by atoms with van der Waals surface area (Å²) in [5.74, 6) is 0. The molecule has 0 aliphatic carbocycles. The van der Waals surface area contributed by atoms with Gasteiger partial charge in [0.2, 0.25) is 0 Å². The second-order valence-electron chi connectivity index (χ2n) is 8.11. The largest absolute Gasteiger partial charge is 0.433 e. The number of alkyl halides is 3. The van der Waals surface area contributed by atoms with E-state index < -0.39 is 11.9 Å². The van der Waals surface area contributed by atoms with E-state index in [1.54, 1.807) is 4.57 Å². The Morgan fingerprint density at radius 1 is 1.03 bits per heavy atom. The molecule has 3 aromatic heterocycles. The topological polar surface area (TPSA) is 43.2 Å². The summed E-state index contributed by atoms with van der Waals surface area (Å²) in [7, 11) is 0. The first-order valence-corrected chi connectivity index (χ1v) is 9.72. The summed E-state index contributed by atoms with van der Waals surface area (Å²) in [5.41, 5.74) is 1.93. The summed E-state index contributed by atoms with van der Waals surface area (Å²) < 4.78 is 45.3. The van der Waals surface area contributed by atoms with Gasteiger partial charge in [-0.1, -0.05) is 0 Å². The average molecular weight is 402 g/mol. The number of aromatic nitrogens is 3. The number of rotatable bonds is 3. The van der Waals surface area contributed by atoms with Crippen LogP contribution in [0.3, 0.4) is 0 Å². The van der Waals surface area contributed by atoms with Crippen molar-refractivity contribution < 1.29 is 17.9 Å². The molecule has 5 nitrogen and oxygen atoms in total. The van der Waals surface area contributed by atoms with Crippen molar-refractivity contribution in [1.29, 1.82) is 0 Å². The Hall–Kier alpha value is -2.45. The number of pyridine rings is 2. The van der Waals surface area contributed by atoms with Gasteiger partial charge in [0.05, 0.1) is 25.1 Å².